The molecule has 0 aliphatic rings. The molecule has 0 radical (unpaired) electrons. The second kappa shape index (κ2) is 8.18. The van der Waals surface area contributed by atoms with Crippen LogP contribution in [0.15, 0.2) is 0 Å². The predicted octanol–water partition coefficient (Wildman–Crippen LogP) is 1.80. The molecule has 0 aromatic heterocycles. The zero-order valence-electron chi connectivity index (χ0n) is 5.31. The first kappa shape index (κ1) is 9.18. The standard InChI is InChI=1S/C6H11ClOS/c7-5-3-1-2-4-6-9-8/h6H,1-5H2. The van der Waals surface area contributed by atoms with Gasteiger partial charge in [0, 0.05) is 11.2 Å². The van der Waals surface area contributed by atoms with Crippen LogP contribution in [0.1, 0.15) is 25.7 Å². The molecule has 3 heteroatoms. The van der Waals surface area contributed by atoms with Gasteiger partial charge < -0.3 is 0 Å². The van der Waals surface area contributed by atoms with Crippen molar-refractivity contribution in [1.82, 2.24) is 0 Å². The zero-order valence-corrected chi connectivity index (χ0v) is 6.88. The largest absolute Gasteiger partial charge is 0.213 e. The van der Waals surface area contributed by atoms with Crippen molar-refractivity contribution in [2.45, 2.75) is 25.7 Å². The molecule has 0 saturated heterocycles. The molecule has 9 heavy (non-hydrogen) atoms. The summed E-state index contributed by atoms with van der Waals surface area (Å²) >= 11 is 5.99. The molecule has 0 aromatic rings. The van der Waals surface area contributed by atoms with Crippen molar-refractivity contribution < 1.29 is 4.21 Å². The lowest BCUT2D eigenvalue weighted by Gasteiger charge is -1.90. The Morgan fingerprint density at radius 2 is 2.11 bits per heavy atom. The molecule has 0 atom stereocenters. The van der Waals surface area contributed by atoms with E-state index < -0.39 is 0 Å². The summed E-state index contributed by atoms with van der Waals surface area (Å²) in [6.07, 6.45) is 4.23. The van der Waals surface area contributed by atoms with E-state index in [2.05, 4.69) is 0 Å². The lowest BCUT2D eigenvalue weighted by Crippen LogP contribution is -1.79. The minimum atomic E-state index is 0.552. The van der Waals surface area contributed by atoms with E-state index >= 15 is 0 Å². The van der Waals surface area contributed by atoms with Gasteiger partial charge in [-0.15, -0.1) is 11.6 Å². The number of unbranched alkanes of at least 4 members (excludes halogenated alkanes) is 3. The third kappa shape index (κ3) is 8.18. The van der Waals surface area contributed by atoms with Crippen LogP contribution in [0.25, 0.3) is 0 Å². The van der Waals surface area contributed by atoms with Gasteiger partial charge in [0.2, 0.25) is 0 Å². The lowest BCUT2D eigenvalue weighted by molar-refractivity contribution is 0.700. The van der Waals surface area contributed by atoms with Crippen molar-refractivity contribution in [2.24, 2.45) is 0 Å². The van der Waals surface area contributed by atoms with Crippen LogP contribution < -0.4 is 0 Å². The average Bonchev–Trinajstić information content (AvgIpc) is 1.89. The molecule has 54 valence electrons. The van der Waals surface area contributed by atoms with E-state index in [4.69, 9.17) is 11.6 Å². The summed E-state index contributed by atoms with van der Waals surface area (Å²) in [5, 5.41) is 1.69. The third-order valence-corrected chi connectivity index (χ3v) is 1.66. The van der Waals surface area contributed by atoms with Crippen LogP contribution in [0.2, 0.25) is 0 Å². The van der Waals surface area contributed by atoms with Crippen LogP contribution in [0.5, 0.6) is 0 Å². The maximum atomic E-state index is 9.80. The van der Waals surface area contributed by atoms with E-state index in [1.54, 1.807) is 5.37 Å². The summed E-state index contributed by atoms with van der Waals surface area (Å²) in [5.41, 5.74) is 0. The molecule has 0 aliphatic carbocycles. The number of rotatable bonds is 5. The third-order valence-electron chi connectivity index (χ3n) is 1.02. The van der Waals surface area contributed by atoms with Crippen LogP contribution >= 0.6 is 11.6 Å². The first-order chi connectivity index (χ1) is 4.41. The van der Waals surface area contributed by atoms with Gasteiger partial charge in [-0.3, -0.25) is 0 Å². The molecule has 0 fully saturated rings. The summed E-state index contributed by atoms with van der Waals surface area (Å²) < 4.78 is 9.80. The summed E-state index contributed by atoms with van der Waals surface area (Å²) in [7, 11) is 0. The molecule has 0 unspecified atom stereocenters. The zero-order chi connectivity index (χ0) is 6.95. The minimum Gasteiger partial charge on any atom is -0.213 e. The van der Waals surface area contributed by atoms with E-state index in [1.807, 2.05) is 0 Å². The van der Waals surface area contributed by atoms with Gasteiger partial charge in [0.15, 0.2) is 0 Å². The van der Waals surface area contributed by atoms with Gasteiger partial charge in [-0.2, -0.15) is 0 Å². The Bertz CT molecular complexity index is 99.2. The Kier molecular flexibility index (Phi) is 8.34. The second-order valence-corrected chi connectivity index (χ2v) is 2.70. The quantitative estimate of drug-likeness (QED) is 0.346. The molecule has 0 amide bonds. The molecule has 1 nitrogen and oxygen atoms in total. The van der Waals surface area contributed by atoms with Gasteiger partial charge in [-0.1, -0.05) is 6.42 Å². The van der Waals surface area contributed by atoms with Crippen molar-refractivity contribution in [3.8, 4) is 0 Å². The molecule has 0 bridgehead atoms. The Morgan fingerprint density at radius 3 is 2.67 bits per heavy atom. The van der Waals surface area contributed by atoms with Gasteiger partial charge in [-0.25, -0.2) is 4.21 Å². The predicted molar refractivity (Wildman–Crippen MR) is 43.4 cm³/mol. The highest BCUT2D eigenvalue weighted by molar-refractivity contribution is 7.64. The van der Waals surface area contributed by atoms with Gasteiger partial charge in [0.05, 0.1) is 11.3 Å². The number of halogens is 1. The summed E-state index contributed by atoms with van der Waals surface area (Å²) in [5.74, 6) is 0.741. The lowest BCUT2D eigenvalue weighted by atomic mass is 10.2. The molecule has 0 saturated carbocycles. The van der Waals surface area contributed by atoms with Crippen molar-refractivity contribution in [2.75, 3.05) is 5.88 Å². The van der Waals surface area contributed by atoms with Crippen molar-refractivity contribution in [3.05, 3.63) is 0 Å². The van der Waals surface area contributed by atoms with E-state index in [0.717, 1.165) is 31.6 Å². The molecule has 0 rings (SSSR count). The molecule has 0 aliphatic heterocycles. The fourth-order valence-electron chi connectivity index (χ4n) is 0.547. The van der Waals surface area contributed by atoms with Crippen LogP contribution in [0.4, 0.5) is 0 Å². The first-order valence-corrected chi connectivity index (χ1v) is 4.42. The Hall–Kier alpha value is 0.180. The van der Waals surface area contributed by atoms with Crippen LogP contribution in [-0.2, 0) is 11.3 Å². The summed E-state index contributed by atoms with van der Waals surface area (Å²) in [6.45, 7) is 0. The monoisotopic (exact) mass is 166 g/mol. The summed E-state index contributed by atoms with van der Waals surface area (Å²) in [4.78, 5) is 0. The molecule has 0 N–H and O–H groups in total. The van der Waals surface area contributed by atoms with Crippen molar-refractivity contribution >= 4 is 28.2 Å². The number of alkyl halides is 1. The van der Waals surface area contributed by atoms with Crippen molar-refractivity contribution in [3.63, 3.8) is 0 Å². The van der Waals surface area contributed by atoms with Gasteiger partial charge in [0.1, 0.15) is 0 Å². The Morgan fingerprint density at radius 1 is 1.33 bits per heavy atom. The molecule has 0 heterocycles. The highest BCUT2D eigenvalue weighted by Gasteiger charge is 1.83. The van der Waals surface area contributed by atoms with Gasteiger partial charge in [0.25, 0.3) is 0 Å². The maximum absolute atomic E-state index is 9.80. The molecule has 0 spiro atoms. The number of hydrogen-bond acceptors (Lipinski definition) is 1. The fourth-order valence-corrected chi connectivity index (χ4v) is 0.999. The van der Waals surface area contributed by atoms with E-state index in [9.17, 15) is 4.21 Å². The van der Waals surface area contributed by atoms with Crippen molar-refractivity contribution in [1.29, 1.82) is 0 Å². The van der Waals surface area contributed by atoms with Crippen LogP contribution in [0, 0.1) is 0 Å². The maximum Gasteiger partial charge on any atom is 0.0841 e. The van der Waals surface area contributed by atoms with E-state index in [-0.39, 0.29) is 0 Å². The van der Waals surface area contributed by atoms with Gasteiger partial charge in [-0.05, 0) is 19.3 Å². The Balaban J connectivity index is 2.82. The normalized spacial score (nSPS) is 9.00. The highest BCUT2D eigenvalue weighted by atomic mass is 35.5. The van der Waals surface area contributed by atoms with Crippen LogP contribution in [0.3, 0.4) is 0 Å². The van der Waals surface area contributed by atoms with Crippen LogP contribution in [-0.4, -0.2) is 15.5 Å². The number of hydrogen-bond donors (Lipinski definition) is 0. The Labute approximate surface area is 64.5 Å². The summed E-state index contributed by atoms with van der Waals surface area (Å²) in [6, 6.07) is 0. The average molecular weight is 167 g/mol. The second-order valence-electron chi connectivity index (χ2n) is 1.80. The smallest absolute Gasteiger partial charge is 0.0841 e. The van der Waals surface area contributed by atoms with E-state index in [1.165, 1.54) is 0 Å². The topological polar surface area (TPSA) is 17.1 Å². The molecular formula is C6H11ClOS. The van der Waals surface area contributed by atoms with Gasteiger partial charge >= 0.3 is 0 Å². The highest BCUT2D eigenvalue weighted by Crippen LogP contribution is 1.98. The SMILES string of the molecule is O=S=CCCCCCCl. The fraction of sp³-hybridized carbons (Fsp3) is 0.833. The molecule has 0 aromatic carbocycles. The first-order valence-electron chi connectivity index (χ1n) is 3.08. The molecular weight excluding hydrogens is 156 g/mol. The van der Waals surface area contributed by atoms with E-state index in [0.29, 0.717) is 11.3 Å². The minimum absolute atomic E-state index is 0.552.